The van der Waals surface area contributed by atoms with Crippen molar-refractivity contribution in [2.75, 3.05) is 6.61 Å². The molecule has 7 nitrogen and oxygen atoms in total. The van der Waals surface area contributed by atoms with Gasteiger partial charge < -0.3 is 9.84 Å². The van der Waals surface area contributed by atoms with E-state index in [9.17, 15) is 18.7 Å². The molecule has 4 aromatic heterocycles. The number of aliphatic hydroxyl groups is 1. The predicted molar refractivity (Wildman–Crippen MR) is 134 cm³/mol. The molecule has 190 valence electrons. The zero-order valence-electron chi connectivity index (χ0n) is 20.8. The molecule has 1 aliphatic carbocycles. The van der Waals surface area contributed by atoms with Gasteiger partial charge in [0, 0.05) is 35.1 Å². The Bertz CT molecular complexity index is 1560. The van der Waals surface area contributed by atoms with Gasteiger partial charge in [-0.05, 0) is 57.4 Å². The Morgan fingerprint density at radius 3 is 2.54 bits per heavy atom. The number of nitrogens with zero attached hydrogens (tertiary/aromatic N) is 4. The number of halogens is 2. The highest BCUT2D eigenvalue weighted by molar-refractivity contribution is 5.60. The van der Waals surface area contributed by atoms with Gasteiger partial charge in [-0.1, -0.05) is 6.07 Å². The van der Waals surface area contributed by atoms with E-state index in [1.165, 1.54) is 0 Å². The minimum atomic E-state index is -0.813. The molecule has 0 aromatic carbocycles. The quantitative estimate of drug-likeness (QED) is 0.399. The maximum absolute atomic E-state index is 14.0. The van der Waals surface area contributed by atoms with Crippen molar-refractivity contribution in [3.63, 3.8) is 0 Å². The van der Waals surface area contributed by atoms with Crippen LogP contribution in [0.5, 0.6) is 5.75 Å². The number of aryl methyl sites for hydroxylation is 2. The van der Waals surface area contributed by atoms with Gasteiger partial charge in [-0.15, -0.1) is 0 Å². The average Bonchev–Trinajstić information content (AvgIpc) is 3.69. The monoisotopic (exact) mass is 504 g/mol. The third-order valence-electron chi connectivity index (χ3n) is 6.86. The largest absolute Gasteiger partial charge is 0.487 e. The lowest BCUT2D eigenvalue weighted by Crippen LogP contribution is -2.24. The van der Waals surface area contributed by atoms with Crippen LogP contribution in [0.2, 0.25) is 0 Å². The van der Waals surface area contributed by atoms with Crippen molar-refractivity contribution < 1.29 is 18.6 Å². The second-order valence-corrected chi connectivity index (χ2v) is 9.49. The van der Waals surface area contributed by atoms with Crippen molar-refractivity contribution in [1.29, 1.82) is 0 Å². The molecule has 1 aliphatic rings. The summed E-state index contributed by atoms with van der Waals surface area (Å²) in [4.78, 5) is 26.5. The summed E-state index contributed by atoms with van der Waals surface area (Å²) in [5.41, 5.74) is 3.90. The Hall–Kier alpha value is -3.98. The number of aliphatic hydroxyl groups excluding tert-OH is 1. The lowest BCUT2D eigenvalue weighted by Gasteiger charge is -2.18. The van der Waals surface area contributed by atoms with E-state index >= 15 is 0 Å². The van der Waals surface area contributed by atoms with Crippen LogP contribution in [0.4, 0.5) is 8.78 Å². The third-order valence-corrected chi connectivity index (χ3v) is 6.86. The van der Waals surface area contributed by atoms with Crippen LogP contribution in [0.1, 0.15) is 41.1 Å². The molecule has 0 bridgehead atoms. The van der Waals surface area contributed by atoms with Gasteiger partial charge in [-0.3, -0.25) is 24.3 Å². The first-order valence-corrected chi connectivity index (χ1v) is 11.9. The van der Waals surface area contributed by atoms with Gasteiger partial charge in [0.1, 0.15) is 23.9 Å². The van der Waals surface area contributed by atoms with Crippen LogP contribution in [-0.2, 0) is 12.0 Å². The van der Waals surface area contributed by atoms with E-state index in [1.807, 2.05) is 31.2 Å². The van der Waals surface area contributed by atoms with Gasteiger partial charge in [-0.25, -0.2) is 8.78 Å². The highest BCUT2D eigenvalue weighted by atomic mass is 19.1. The van der Waals surface area contributed by atoms with Crippen molar-refractivity contribution in [1.82, 2.24) is 19.5 Å². The first-order chi connectivity index (χ1) is 17.7. The molecule has 0 radical (unpaired) electrons. The number of pyridine rings is 4. The molecule has 1 saturated carbocycles. The fourth-order valence-corrected chi connectivity index (χ4v) is 4.35. The second kappa shape index (κ2) is 9.48. The number of hydrogen-bond acceptors (Lipinski definition) is 6. The first kappa shape index (κ1) is 24.7. The van der Waals surface area contributed by atoms with Crippen molar-refractivity contribution in [2.45, 2.75) is 45.6 Å². The summed E-state index contributed by atoms with van der Waals surface area (Å²) in [6.45, 7) is 5.10. The van der Waals surface area contributed by atoms with E-state index in [0.717, 1.165) is 36.4 Å². The van der Waals surface area contributed by atoms with Crippen LogP contribution < -0.4 is 10.3 Å². The second-order valence-electron chi connectivity index (χ2n) is 9.49. The maximum atomic E-state index is 14.0. The molecule has 4 heterocycles. The van der Waals surface area contributed by atoms with Gasteiger partial charge >= 0.3 is 0 Å². The van der Waals surface area contributed by atoms with Gasteiger partial charge in [-0.2, -0.15) is 0 Å². The Morgan fingerprint density at radius 1 is 1.05 bits per heavy atom. The van der Waals surface area contributed by atoms with Gasteiger partial charge in [0.05, 0.1) is 35.4 Å². The summed E-state index contributed by atoms with van der Waals surface area (Å²) in [5.74, 6) is -1.29. The zero-order chi connectivity index (χ0) is 26.3. The molecule has 1 fully saturated rings. The van der Waals surface area contributed by atoms with E-state index in [-0.39, 0.29) is 29.9 Å². The molecule has 0 atom stereocenters. The molecular formula is C28H26F2N4O3. The lowest BCUT2D eigenvalue weighted by molar-refractivity contribution is 0.252. The first-order valence-electron chi connectivity index (χ1n) is 11.9. The number of ether oxygens (including phenoxy) is 1. The van der Waals surface area contributed by atoms with Crippen LogP contribution in [0.15, 0.2) is 53.6 Å². The van der Waals surface area contributed by atoms with E-state index < -0.39 is 11.6 Å². The predicted octanol–water partition coefficient (Wildman–Crippen LogP) is 4.50. The number of aromatic nitrogens is 4. The molecule has 4 aromatic rings. The standard InChI is InChI=1S/C28H26F2N4O3/c1-16-12-31-22(21-5-4-6-26(33-21)28(15-35)7-8-28)11-24(16)34-17(2)9-25(18(3)27(34)36)37-14-23-20(30)10-19(29)13-32-23/h4-6,9-13,35H,7-8,14-15H2,1-3H3. The number of rotatable bonds is 7. The highest BCUT2D eigenvalue weighted by Gasteiger charge is 2.45. The fourth-order valence-electron chi connectivity index (χ4n) is 4.35. The third kappa shape index (κ3) is 4.62. The van der Waals surface area contributed by atoms with Crippen LogP contribution in [0.25, 0.3) is 17.1 Å². The van der Waals surface area contributed by atoms with Crippen molar-refractivity contribution in [3.8, 4) is 22.8 Å². The van der Waals surface area contributed by atoms with Crippen molar-refractivity contribution in [2.24, 2.45) is 0 Å². The highest BCUT2D eigenvalue weighted by Crippen LogP contribution is 2.47. The summed E-state index contributed by atoms with van der Waals surface area (Å²) in [6.07, 6.45) is 4.42. The molecule has 0 amide bonds. The molecular weight excluding hydrogens is 478 g/mol. The molecule has 0 unspecified atom stereocenters. The minimum absolute atomic E-state index is 0.0545. The van der Waals surface area contributed by atoms with Gasteiger partial charge in [0.15, 0.2) is 5.82 Å². The van der Waals surface area contributed by atoms with Crippen LogP contribution >= 0.6 is 0 Å². The SMILES string of the molecule is Cc1cnc(-c2cccc(C3(CO)CC3)n2)cc1-n1c(C)cc(OCc2ncc(F)cc2F)c(C)c1=O. The summed E-state index contributed by atoms with van der Waals surface area (Å²) in [5, 5.41) is 9.80. The Kier molecular flexibility index (Phi) is 6.33. The van der Waals surface area contributed by atoms with E-state index in [0.29, 0.717) is 34.1 Å². The fraction of sp³-hybridized carbons (Fsp3) is 0.286. The Labute approximate surface area is 212 Å². The van der Waals surface area contributed by atoms with Crippen LogP contribution in [0, 0.1) is 32.4 Å². The zero-order valence-corrected chi connectivity index (χ0v) is 20.8. The topological polar surface area (TPSA) is 90.1 Å². The van der Waals surface area contributed by atoms with Gasteiger partial charge in [0.2, 0.25) is 0 Å². The molecule has 5 rings (SSSR count). The molecule has 0 spiro atoms. The smallest absolute Gasteiger partial charge is 0.261 e. The Morgan fingerprint density at radius 2 is 1.84 bits per heavy atom. The lowest BCUT2D eigenvalue weighted by atomic mass is 10.0. The molecule has 1 N–H and O–H groups in total. The van der Waals surface area contributed by atoms with E-state index in [2.05, 4.69) is 9.97 Å². The molecule has 37 heavy (non-hydrogen) atoms. The normalized spacial score (nSPS) is 14.0. The summed E-state index contributed by atoms with van der Waals surface area (Å²) >= 11 is 0. The molecule has 0 saturated heterocycles. The molecule has 9 heteroatoms. The van der Waals surface area contributed by atoms with Crippen LogP contribution in [-0.4, -0.2) is 31.2 Å². The number of hydrogen-bond donors (Lipinski definition) is 1. The van der Waals surface area contributed by atoms with E-state index in [4.69, 9.17) is 9.72 Å². The maximum Gasteiger partial charge on any atom is 0.261 e. The average molecular weight is 505 g/mol. The minimum Gasteiger partial charge on any atom is -0.487 e. The Balaban J connectivity index is 1.49. The summed E-state index contributed by atoms with van der Waals surface area (Å²) in [7, 11) is 0. The summed E-state index contributed by atoms with van der Waals surface area (Å²) in [6, 6.07) is 9.96. The summed E-state index contributed by atoms with van der Waals surface area (Å²) < 4.78 is 34.4. The van der Waals surface area contributed by atoms with Crippen molar-refractivity contribution >= 4 is 0 Å². The molecule has 0 aliphatic heterocycles. The van der Waals surface area contributed by atoms with Gasteiger partial charge in [0.25, 0.3) is 5.56 Å². The van der Waals surface area contributed by atoms with E-state index in [1.54, 1.807) is 30.7 Å². The van der Waals surface area contributed by atoms with Crippen molar-refractivity contribution in [3.05, 3.63) is 99.0 Å². The van der Waals surface area contributed by atoms with Crippen LogP contribution in [0.3, 0.4) is 0 Å².